The van der Waals surface area contributed by atoms with Gasteiger partial charge in [-0.15, -0.1) is 0 Å². The summed E-state index contributed by atoms with van der Waals surface area (Å²) in [5.41, 5.74) is 19.0. The number of nitrogens with zero attached hydrogens (tertiary/aromatic N) is 4. The lowest BCUT2D eigenvalue weighted by Crippen LogP contribution is -2.06. The first-order valence-electron chi connectivity index (χ1n) is 21.6. The van der Waals surface area contributed by atoms with Gasteiger partial charge in [-0.05, 0) is 158 Å². The van der Waals surface area contributed by atoms with E-state index >= 15 is 0 Å². The number of hydrogen-bond donors (Lipinski definition) is 4. The van der Waals surface area contributed by atoms with Gasteiger partial charge in [-0.3, -0.25) is 20.0 Å². The maximum atomic E-state index is 4.75. The number of rotatable bonds is 14. The van der Waals surface area contributed by atoms with E-state index in [1.165, 1.54) is 33.4 Å². The van der Waals surface area contributed by atoms with Crippen LogP contribution in [-0.2, 0) is 0 Å². The first-order valence-corrected chi connectivity index (χ1v) is 21.6. The van der Waals surface area contributed by atoms with Crippen molar-refractivity contribution in [2.24, 2.45) is 20.0 Å². The van der Waals surface area contributed by atoms with E-state index in [1.54, 1.807) is 0 Å². The molecule has 4 heterocycles. The third-order valence-corrected chi connectivity index (χ3v) is 11.3. The molecule has 4 aromatic heterocycles. The monoisotopic (exact) mass is 834 g/mol. The number of aromatic amines is 4. The van der Waals surface area contributed by atoms with Crippen molar-refractivity contribution in [3.8, 4) is 0 Å². The fourth-order valence-corrected chi connectivity index (χ4v) is 8.03. The Bertz CT molecular complexity index is 2660. The molecule has 9 aromatic rings. The van der Waals surface area contributed by atoms with E-state index in [0.717, 1.165) is 68.3 Å². The highest BCUT2D eigenvalue weighted by Crippen LogP contribution is 2.38. The molecule has 314 valence electrons. The predicted octanol–water partition coefficient (Wildman–Crippen LogP) is 13.6. The van der Waals surface area contributed by atoms with Crippen molar-refractivity contribution >= 4 is 47.6 Å². The van der Waals surface area contributed by atoms with E-state index in [1.807, 2.05) is 76.8 Å². The number of aryl methyl sites for hydroxylation is 4. The summed E-state index contributed by atoms with van der Waals surface area (Å²) in [6.45, 7) is 8.17. The number of aliphatic imine (C=N–C) groups is 4. The van der Waals surface area contributed by atoms with Gasteiger partial charge in [0.15, 0.2) is 0 Å². The average molecular weight is 835 g/mol. The SMILES string of the molecule is Cc1ccc(C=Nc2ccc(C(c3ccc(N=Cc4ccc(C)[nH]4)cc3)c3ccc(C(c4ccc(N=Cc5ccc(C)[nH]5)cc4)c4ccc(N=Cc5ccc(C)[nH]5)cc4)cc3)cc2)[nH]1. The normalized spacial score (nSPS) is 12.9. The average Bonchev–Trinajstić information content (AvgIpc) is 4.15. The quantitative estimate of drug-likeness (QED) is 0.0618. The van der Waals surface area contributed by atoms with Crippen molar-refractivity contribution in [3.05, 3.63) is 249 Å². The molecule has 8 nitrogen and oxygen atoms in total. The van der Waals surface area contributed by atoms with Gasteiger partial charge in [-0.1, -0.05) is 72.8 Å². The van der Waals surface area contributed by atoms with E-state index < -0.39 is 0 Å². The maximum Gasteiger partial charge on any atom is 0.0630 e. The Hall–Kier alpha value is -8.10. The second-order valence-electron chi connectivity index (χ2n) is 16.3. The van der Waals surface area contributed by atoms with Crippen LogP contribution in [0.5, 0.6) is 0 Å². The Balaban J connectivity index is 1.04. The van der Waals surface area contributed by atoms with Crippen molar-refractivity contribution < 1.29 is 0 Å². The van der Waals surface area contributed by atoms with Gasteiger partial charge in [0, 0.05) is 34.6 Å². The van der Waals surface area contributed by atoms with Gasteiger partial charge in [-0.25, -0.2) is 0 Å². The minimum Gasteiger partial charge on any atom is -0.358 e. The van der Waals surface area contributed by atoms with Crippen LogP contribution in [-0.4, -0.2) is 44.8 Å². The number of H-pyrrole nitrogens is 4. The molecule has 9 rings (SSSR count). The summed E-state index contributed by atoms with van der Waals surface area (Å²) in [5, 5.41) is 0. The molecule has 0 amide bonds. The van der Waals surface area contributed by atoms with Crippen LogP contribution in [0.15, 0.2) is 190 Å². The first-order chi connectivity index (χ1) is 31.3. The maximum absolute atomic E-state index is 4.75. The van der Waals surface area contributed by atoms with Crippen molar-refractivity contribution in [1.29, 1.82) is 0 Å². The molecule has 0 aliphatic carbocycles. The van der Waals surface area contributed by atoms with Crippen LogP contribution in [0.1, 0.15) is 90.8 Å². The lowest BCUT2D eigenvalue weighted by atomic mass is 9.81. The summed E-state index contributed by atoms with van der Waals surface area (Å²) in [5.74, 6) is -0.0521. The summed E-state index contributed by atoms with van der Waals surface area (Å²) < 4.78 is 0. The number of hydrogen-bond acceptors (Lipinski definition) is 4. The van der Waals surface area contributed by atoms with Crippen molar-refractivity contribution in [2.75, 3.05) is 0 Å². The summed E-state index contributed by atoms with van der Waals surface area (Å²) in [6, 6.07) is 59.7. The molecule has 5 aromatic carbocycles. The Labute approximate surface area is 374 Å². The molecule has 0 spiro atoms. The number of benzene rings is 5. The molecular weight excluding hydrogens is 785 g/mol. The third-order valence-electron chi connectivity index (χ3n) is 11.3. The second-order valence-corrected chi connectivity index (χ2v) is 16.3. The van der Waals surface area contributed by atoms with Gasteiger partial charge in [0.1, 0.15) is 0 Å². The van der Waals surface area contributed by atoms with Gasteiger partial charge < -0.3 is 19.9 Å². The van der Waals surface area contributed by atoms with Gasteiger partial charge in [-0.2, -0.15) is 0 Å². The highest BCUT2D eigenvalue weighted by molar-refractivity contribution is 5.82. The molecule has 0 fully saturated rings. The Morgan fingerprint density at radius 1 is 0.266 bits per heavy atom. The predicted molar refractivity (Wildman–Crippen MR) is 265 cm³/mol. The summed E-state index contributed by atoms with van der Waals surface area (Å²) >= 11 is 0. The first kappa shape index (κ1) is 41.3. The minimum atomic E-state index is -0.0260. The van der Waals surface area contributed by atoms with E-state index in [0.29, 0.717) is 0 Å². The van der Waals surface area contributed by atoms with Crippen LogP contribution >= 0.6 is 0 Å². The largest absolute Gasteiger partial charge is 0.358 e. The molecular formula is C56H50N8. The van der Waals surface area contributed by atoms with Gasteiger partial charge in [0.2, 0.25) is 0 Å². The molecule has 4 N–H and O–H groups in total. The lowest BCUT2D eigenvalue weighted by molar-refractivity contribution is 0.951. The van der Waals surface area contributed by atoms with Crippen LogP contribution < -0.4 is 0 Å². The molecule has 0 aliphatic rings. The van der Waals surface area contributed by atoms with Crippen molar-refractivity contribution in [2.45, 2.75) is 39.5 Å². The third kappa shape index (κ3) is 10.2. The number of nitrogens with one attached hydrogen (secondary N) is 4. The van der Waals surface area contributed by atoms with Crippen molar-refractivity contribution in [3.63, 3.8) is 0 Å². The van der Waals surface area contributed by atoms with Gasteiger partial charge in [0.05, 0.1) is 70.4 Å². The molecule has 0 atom stereocenters. The molecule has 8 heteroatoms. The summed E-state index contributed by atoms with van der Waals surface area (Å²) in [6.07, 6.45) is 7.49. The molecule has 64 heavy (non-hydrogen) atoms. The summed E-state index contributed by atoms with van der Waals surface area (Å²) in [4.78, 5) is 32.3. The fraction of sp³-hybridized carbons (Fsp3) is 0.107. The topological polar surface area (TPSA) is 113 Å². The van der Waals surface area contributed by atoms with Crippen LogP contribution in [0.25, 0.3) is 0 Å². The zero-order valence-electron chi connectivity index (χ0n) is 36.4. The van der Waals surface area contributed by atoms with E-state index in [-0.39, 0.29) is 11.8 Å². The Kier molecular flexibility index (Phi) is 12.2. The van der Waals surface area contributed by atoms with Crippen molar-refractivity contribution in [1.82, 2.24) is 19.9 Å². The van der Waals surface area contributed by atoms with Crippen LogP contribution in [0.3, 0.4) is 0 Å². The molecule has 0 bridgehead atoms. The highest BCUT2D eigenvalue weighted by Gasteiger charge is 2.21. The molecule has 0 saturated carbocycles. The van der Waals surface area contributed by atoms with E-state index in [4.69, 9.17) is 20.0 Å². The Morgan fingerprint density at radius 3 is 0.625 bits per heavy atom. The van der Waals surface area contributed by atoms with Crippen LogP contribution in [0.4, 0.5) is 22.7 Å². The Morgan fingerprint density at radius 2 is 0.453 bits per heavy atom. The minimum absolute atomic E-state index is 0.0260. The zero-order valence-corrected chi connectivity index (χ0v) is 36.4. The van der Waals surface area contributed by atoms with Gasteiger partial charge >= 0.3 is 0 Å². The molecule has 0 aliphatic heterocycles. The molecule has 0 saturated heterocycles. The zero-order chi connectivity index (χ0) is 43.8. The second kappa shape index (κ2) is 18.9. The van der Waals surface area contributed by atoms with Crippen LogP contribution in [0.2, 0.25) is 0 Å². The van der Waals surface area contributed by atoms with E-state index in [2.05, 4.69) is 166 Å². The standard InChI is InChI=1S/C56H50N8/c1-37-5-21-51(61-37)33-57-47-25-13-43(14-26-47)55(44-15-27-48(28-16-44)58-34-52-22-6-38(2)62-52)41-9-11-42(12-10-41)56(45-17-29-49(30-18-45)59-35-53-23-7-39(3)63-53)46-19-31-50(32-20-46)60-36-54-24-8-40(4)64-54/h5-36,55-56,61-64H,1-4H3. The molecule has 0 unspecified atom stereocenters. The van der Waals surface area contributed by atoms with Gasteiger partial charge in [0.25, 0.3) is 0 Å². The summed E-state index contributed by atoms with van der Waals surface area (Å²) in [7, 11) is 0. The molecule has 0 radical (unpaired) electrons. The van der Waals surface area contributed by atoms with E-state index in [9.17, 15) is 0 Å². The fourth-order valence-electron chi connectivity index (χ4n) is 8.03. The lowest BCUT2D eigenvalue weighted by Gasteiger charge is -2.22. The highest BCUT2D eigenvalue weighted by atomic mass is 14.8. The smallest absolute Gasteiger partial charge is 0.0630 e. The van der Waals surface area contributed by atoms with Crippen LogP contribution in [0, 0.1) is 27.7 Å². The number of aromatic nitrogens is 4.